The van der Waals surface area contributed by atoms with Crippen molar-refractivity contribution in [3.63, 3.8) is 0 Å². The Hall–Kier alpha value is -2.20. The fourth-order valence-corrected chi connectivity index (χ4v) is 5.70. The van der Waals surface area contributed by atoms with Crippen LogP contribution in [0.25, 0.3) is 0 Å². The van der Waals surface area contributed by atoms with Crippen molar-refractivity contribution in [1.29, 1.82) is 0 Å². The third-order valence-electron chi connectivity index (χ3n) is 6.15. The average molecular weight is 466 g/mol. The third kappa shape index (κ3) is 6.90. The molecule has 32 heavy (non-hydrogen) atoms. The molecule has 1 aliphatic carbocycles. The highest BCUT2D eigenvalue weighted by Crippen LogP contribution is 2.20. The molecule has 3 rings (SSSR count). The molecule has 0 spiro atoms. The minimum atomic E-state index is -3.79. The van der Waals surface area contributed by atoms with E-state index in [1.807, 2.05) is 0 Å². The number of aromatic nitrogens is 2. The zero-order chi connectivity index (χ0) is 23.0. The van der Waals surface area contributed by atoms with E-state index in [0.29, 0.717) is 32.4 Å². The van der Waals surface area contributed by atoms with E-state index in [0.717, 1.165) is 19.3 Å². The highest BCUT2D eigenvalue weighted by molar-refractivity contribution is 7.89. The van der Waals surface area contributed by atoms with E-state index >= 15 is 0 Å². The Morgan fingerprint density at radius 3 is 2.78 bits per heavy atom. The second-order valence-electron chi connectivity index (χ2n) is 8.66. The molecule has 1 unspecified atom stereocenters. The summed E-state index contributed by atoms with van der Waals surface area (Å²) in [6.07, 6.45) is 12.5. The molecule has 1 saturated heterocycles. The number of carbonyl (C=O) groups excluding carboxylic acids is 2. The Labute approximate surface area is 190 Å². The maximum atomic E-state index is 13.0. The number of amides is 2. The predicted octanol–water partition coefficient (Wildman–Crippen LogP) is 1.72. The first-order valence-corrected chi connectivity index (χ1v) is 13.0. The summed E-state index contributed by atoms with van der Waals surface area (Å²) in [5.41, 5.74) is 1.42. The van der Waals surface area contributed by atoms with Crippen molar-refractivity contribution >= 4 is 21.8 Å². The molecule has 2 amide bonds. The summed E-state index contributed by atoms with van der Waals surface area (Å²) in [4.78, 5) is 29.0. The topological polar surface area (TPSA) is 113 Å². The molecule has 0 saturated carbocycles. The van der Waals surface area contributed by atoms with E-state index in [1.54, 1.807) is 11.6 Å². The van der Waals surface area contributed by atoms with Gasteiger partial charge in [0.25, 0.3) is 10.0 Å². The van der Waals surface area contributed by atoms with Crippen LogP contribution < -0.4 is 10.6 Å². The number of allylic oxidation sites excluding steroid dienone is 1. The summed E-state index contributed by atoms with van der Waals surface area (Å²) in [5, 5.41) is 5.84. The molecular weight excluding hydrogens is 430 g/mol. The van der Waals surface area contributed by atoms with Crippen LogP contribution in [0.2, 0.25) is 0 Å². The lowest BCUT2D eigenvalue weighted by Crippen LogP contribution is -2.36. The van der Waals surface area contributed by atoms with Crippen molar-refractivity contribution in [1.82, 2.24) is 24.5 Å². The number of rotatable bonds is 6. The van der Waals surface area contributed by atoms with Gasteiger partial charge in [-0.1, -0.05) is 11.6 Å². The van der Waals surface area contributed by atoms with E-state index in [4.69, 9.17) is 0 Å². The molecule has 1 atom stereocenters. The second-order valence-corrected chi connectivity index (χ2v) is 10.5. The molecule has 2 aliphatic rings. The van der Waals surface area contributed by atoms with Crippen molar-refractivity contribution in [2.75, 3.05) is 26.2 Å². The van der Waals surface area contributed by atoms with Crippen LogP contribution in [0.3, 0.4) is 0 Å². The van der Waals surface area contributed by atoms with E-state index in [-0.39, 0.29) is 42.3 Å². The zero-order valence-electron chi connectivity index (χ0n) is 18.9. The number of nitrogens with zero attached hydrogens (tertiary/aromatic N) is 3. The molecule has 1 fully saturated rings. The molecule has 10 heteroatoms. The van der Waals surface area contributed by atoms with E-state index in [2.05, 4.69) is 21.7 Å². The first-order valence-electron chi connectivity index (χ1n) is 11.6. The van der Waals surface area contributed by atoms with Gasteiger partial charge in [0, 0.05) is 51.8 Å². The molecule has 178 valence electrons. The Morgan fingerprint density at radius 2 is 2.06 bits per heavy atom. The molecule has 0 radical (unpaired) electrons. The first kappa shape index (κ1) is 24.4. The van der Waals surface area contributed by atoms with Gasteiger partial charge in [-0.15, -0.1) is 0 Å². The Kier molecular flexibility index (Phi) is 8.86. The molecule has 2 N–H and O–H groups in total. The molecular formula is C22H35N5O4S. The Balaban J connectivity index is 1.59. The lowest BCUT2D eigenvalue weighted by molar-refractivity contribution is -0.126. The predicted molar refractivity (Wildman–Crippen MR) is 121 cm³/mol. The first-order chi connectivity index (χ1) is 15.4. The maximum Gasteiger partial charge on any atom is 0.262 e. The highest BCUT2D eigenvalue weighted by Gasteiger charge is 2.28. The van der Waals surface area contributed by atoms with E-state index < -0.39 is 10.0 Å². The van der Waals surface area contributed by atoms with Crippen LogP contribution in [-0.2, 0) is 26.7 Å². The summed E-state index contributed by atoms with van der Waals surface area (Å²) in [7, 11) is -2.09. The van der Waals surface area contributed by atoms with Gasteiger partial charge in [-0.05, 0) is 51.4 Å². The van der Waals surface area contributed by atoms with Crippen LogP contribution in [0, 0.1) is 5.92 Å². The Bertz CT molecular complexity index is 925. The quantitative estimate of drug-likeness (QED) is 0.621. The number of aryl methyl sites for hydroxylation is 1. The van der Waals surface area contributed by atoms with E-state index in [1.165, 1.54) is 35.2 Å². The summed E-state index contributed by atoms with van der Waals surface area (Å²) >= 11 is 0. The number of sulfonamides is 1. The van der Waals surface area contributed by atoms with Crippen molar-refractivity contribution in [3.05, 3.63) is 24.2 Å². The van der Waals surface area contributed by atoms with Gasteiger partial charge >= 0.3 is 0 Å². The zero-order valence-corrected chi connectivity index (χ0v) is 19.7. The number of imidazole rings is 1. The summed E-state index contributed by atoms with van der Waals surface area (Å²) in [6, 6.07) is 0. The van der Waals surface area contributed by atoms with Crippen LogP contribution in [0.1, 0.15) is 57.8 Å². The number of nitrogens with one attached hydrogen (secondary N) is 2. The van der Waals surface area contributed by atoms with Crippen molar-refractivity contribution in [3.8, 4) is 0 Å². The van der Waals surface area contributed by atoms with Gasteiger partial charge in [0.15, 0.2) is 5.03 Å². The van der Waals surface area contributed by atoms with Gasteiger partial charge in [0.2, 0.25) is 11.8 Å². The van der Waals surface area contributed by atoms with Crippen molar-refractivity contribution in [2.45, 2.75) is 62.8 Å². The largest absolute Gasteiger partial charge is 0.356 e. The van der Waals surface area contributed by atoms with Crippen LogP contribution in [-0.4, -0.2) is 60.3 Å². The second kappa shape index (κ2) is 11.6. The summed E-state index contributed by atoms with van der Waals surface area (Å²) < 4.78 is 28.9. The molecule has 1 aromatic rings. The fourth-order valence-electron chi connectivity index (χ4n) is 4.25. The minimum Gasteiger partial charge on any atom is -0.356 e. The van der Waals surface area contributed by atoms with Gasteiger partial charge in [-0.3, -0.25) is 9.59 Å². The molecule has 1 aliphatic heterocycles. The normalized spacial score (nSPS) is 21.8. The lowest BCUT2D eigenvalue weighted by atomic mass is 9.96. The molecule has 0 bridgehead atoms. The number of hydrogen-bond donors (Lipinski definition) is 2. The van der Waals surface area contributed by atoms with Gasteiger partial charge in [-0.25, -0.2) is 13.4 Å². The fraction of sp³-hybridized carbons (Fsp3) is 0.682. The molecule has 9 nitrogen and oxygen atoms in total. The molecule has 0 aromatic carbocycles. The van der Waals surface area contributed by atoms with E-state index in [9.17, 15) is 18.0 Å². The number of hydrogen-bond acceptors (Lipinski definition) is 5. The maximum absolute atomic E-state index is 13.0. The van der Waals surface area contributed by atoms with Gasteiger partial charge in [-0.2, -0.15) is 4.31 Å². The molecule has 1 aromatic heterocycles. The summed E-state index contributed by atoms with van der Waals surface area (Å²) in [6.45, 7) is 1.38. The smallest absolute Gasteiger partial charge is 0.262 e. The van der Waals surface area contributed by atoms with Gasteiger partial charge < -0.3 is 15.2 Å². The number of carbonyl (C=O) groups is 2. The van der Waals surface area contributed by atoms with Crippen molar-refractivity contribution in [2.24, 2.45) is 13.0 Å². The van der Waals surface area contributed by atoms with Crippen molar-refractivity contribution < 1.29 is 18.0 Å². The lowest BCUT2D eigenvalue weighted by Gasteiger charge is -2.21. The van der Waals surface area contributed by atoms with Crippen LogP contribution in [0.15, 0.2) is 29.2 Å². The van der Waals surface area contributed by atoms with Crippen LogP contribution in [0.4, 0.5) is 0 Å². The highest BCUT2D eigenvalue weighted by atomic mass is 32.2. The summed E-state index contributed by atoms with van der Waals surface area (Å²) in [5.74, 6) is -0.487. The minimum absolute atomic E-state index is 0.0194. The van der Waals surface area contributed by atoms with Gasteiger partial charge in [0.1, 0.15) is 0 Å². The monoisotopic (exact) mass is 465 g/mol. The Morgan fingerprint density at radius 1 is 1.22 bits per heavy atom. The average Bonchev–Trinajstić information content (AvgIpc) is 3.20. The molecule has 2 heterocycles. The van der Waals surface area contributed by atoms with Gasteiger partial charge in [0.05, 0.1) is 6.33 Å². The van der Waals surface area contributed by atoms with Crippen LogP contribution in [0.5, 0.6) is 0 Å². The third-order valence-corrected chi connectivity index (χ3v) is 7.93. The van der Waals surface area contributed by atoms with Crippen LogP contribution >= 0.6 is 0 Å². The standard InChI is InChI=1S/C22H35N5O4S/c1-26-16-21(25-17-26)32(30,31)27-14-5-8-19(10-13-23-20(28)11-15-27)22(29)24-12-9-18-6-3-2-4-7-18/h6,16-17,19H,2-5,7-15H2,1H3,(H,23,28)(H,24,29). The SMILES string of the molecule is Cn1cnc(S(=O)(=O)N2CCCC(C(=O)NCCC3=CCCCC3)CCNC(=O)CC2)c1.